The van der Waals surface area contributed by atoms with Crippen LogP contribution >= 0.6 is 11.6 Å². The highest BCUT2D eigenvalue weighted by Crippen LogP contribution is 2.67. The number of carbonyl (C=O) groups is 1. The average molecular weight is 375 g/mol. The highest BCUT2D eigenvalue weighted by atomic mass is 35.5. The number of fused-ring (bicyclic) bond motifs is 1. The van der Waals surface area contributed by atoms with E-state index in [1.807, 2.05) is 6.92 Å². The van der Waals surface area contributed by atoms with E-state index < -0.39 is 12.2 Å². The molecular weight excluding hydrogens is 356 g/mol. The summed E-state index contributed by atoms with van der Waals surface area (Å²) in [5.74, 6) is 1.93. The molecule has 0 spiro atoms. The third-order valence-electron chi connectivity index (χ3n) is 5.89. The molecule has 4 aliphatic rings. The minimum absolute atomic E-state index is 0.0326. The summed E-state index contributed by atoms with van der Waals surface area (Å²) >= 11 is 5.97. The molecule has 2 atom stereocenters. The number of carbonyl (C=O) groups excluding carboxylic acids is 1. The number of aryl methyl sites for hydroxylation is 1. The molecule has 1 aliphatic heterocycles. The van der Waals surface area contributed by atoms with E-state index in [2.05, 4.69) is 10.3 Å². The van der Waals surface area contributed by atoms with Crippen LogP contribution in [0.1, 0.15) is 49.0 Å². The van der Waals surface area contributed by atoms with Crippen molar-refractivity contribution < 1.29 is 19.1 Å². The molecule has 2 heterocycles. The maximum absolute atomic E-state index is 12.7. The predicted octanol–water partition coefficient (Wildman–Crippen LogP) is 2.81. The van der Waals surface area contributed by atoms with Gasteiger partial charge in [-0.15, -0.1) is 0 Å². The zero-order valence-electron chi connectivity index (χ0n) is 14.3. The Bertz CT molecular complexity index is 889. The lowest BCUT2D eigenvalue weighted by atomic mass is 9.38. The highest BCUT2D eigenvalue weighted by molar-refractivity contribution is 6.30. The number of nitrogens with one attached hydrogen (secondary N) is 1. The Kier molecular flexibility index (Phi) is 3.25. The van der Waals surface area contributed by atoms with Gasteiger partial charge in [-0.25, -0.2) is 4.98 Å². The molecule has 0 radical (unpaired) electrons. The standard InChI is InChI=1S/C19H19ClN2O4/c1-10-21-6-16(25-10)18-7-19(8-18,9-18)22-17(24)15-5-13(23)12-4-11(20)2-3-14(12)26-15/h2-4,6,13,15,23H,5,7-9H2,1H3,(H,22,24)/t13-,15-,18?,19?/m1/s1. The second-order valence-electron chi connectivity index (χ2n) is 7.86. The summed E-state index contributed by atoms with van der Waals surface area (Å²) in [7, 11) is 0. The fourth-order valence-electron chi connectivity index (χ4n) is 4.71. The first-order valence-corrected chi connectivity index (χ1v) is 9.15. The Hall–Kier alpha value is -2.05. The van der Waals surface area contributed by atoms with Gasteiger partial charge in [0, 0.05) is 34.9 Å². The lowest BCUT2D eigenvalue weighted by Crippen LogP contribution is -2.77. The minimum Gasteiger partial charge on any atom is -0.480 e. The van der Waals surface area contributed by atoms with E-state index in [9.17, 15) is 9.90 Å². The van der Waals surface area contributed by atoms with Crippen molar-refractivity contribution in [3.8, 4) is 5.75 Å². The van der Waals surface area contributed by atoms with Gasteiger partial charge in [-0.1, -0.05) is 11.6 Å². The Labute approximate surface area is 155 Å². The number of oxazole rings is 1. The second-order valence-corrected chi connectivity index (χ2v) is 8.30. The molecule has 3 aliphatic carbocycles. The summed E-state index contributed by atoms with van der Waals surface area (Å²) in [5, 5.41) is 14.0. The largest absolute Gasteiger partial charge is 0.480 e. The quantitative estimate of drug-likeness (QED) is 0.863. The van der Waals surface area contributed by atoms with Crippen LogP contribution in [0.15, 0.2) is 28.8 Å². The molecule has 2 N–H and O–H groups in total. The first-order chi connectivity index (χ1) is 12.4. The lowest BCUT2D eigenvalue weighted by molar-refractivity contribution is -0.149. The van der Waals surface area contributed by atoms with Crippen LogP contribution in [0.5, 0.6) is 5.75 Å². The number of halogens is 1. The number of hydrogen-bond acceptors (Lipinski definition) is 5. The Balaban J connectivity index is 1.25. The molecule has 2 bridgehead atoms. The van der Waals surface area contributed by atoms with Crippen molar-refractivity contribution >= 4 is 17.5 Å². The summed E-state index contributed by atoms with van der Waals surface area (Å²) in [6.45, 7) is 1.84. The number of aliphatic hydroxyl groups is 1. The third-order valence-corrected chi connectivity index (χ3v) is 6.13. The van der Waals surface area contributed by atoms with Crippen LogP contribution in [0, 0.1) is 6.92 Å². The summed E-state index contributed by atoms with van der Waals surface area (Å²) < 4.78 is 11.5. The Morgan fingerprint density at radius 3 is 2.85 bits per heavy atom. The number of aliphatic hydroxyl groups excluding tert-OH is 1. The molecule has 1 aromatic heterocycles. The molecule has 7 heteroatoms. The van der Waals surface area contributed by atoms with Gasteiger partial charge in [0.1, 0.15) is 11.5 Å². The number of amides is 1. The van der Waals surface area contributed by atoms with Gasteiger partial charge in [0.25, 0.3) is 5.91 Å². The van der Waals surface area contributed by atoms with Crippen molar-refractivity contribution in [2.75, 3.05) is 0 Å². The minimum atomic E-state index is -0.759. The number of hydrogen-bond donors (Lipinski definition) is 2. The zero-order chi connectivity index (χ0) is 18.1. The Morgan fingerprint density at radius 2 is 2.15 bits per heavy atom. The van der Waals surface area contributed by atoms with Gasteiger partial charge in [-0.05, 0) is 37.5 Å². The number of ether oxygens (including phenoxy) is 1. The SMILES string of the molecule is Cc1ncc(C23CC(NC(=O)[C@H]4C[C@@H](O)c5cc(Cl)ccc5O4)(C2)C3)o1. The van der Waals surface area contributed by atoms with Crippen LogP contribution in [-0.2, 0) is 10.2 Å². The van der Waals surface area contributed by atoms with E-state index in [0.29, 0.717) is 22.2 Å². The summed E-state index contributed by atoms with van der Waals surface area (Å²) in [4.78, 5) is 16.9. The van der Waals surface area contributed by atoms with Gasteiger partial charge in [0.05, 0.1) is 12.3 Å². The molecule has 3 fully saturated rings. The van der Waals surface area contributed by atoms with Gasteiger partial charge < -0.3 is 19.6 Å². The fraction of sp³-hybridized carbons (Fsp3) is 0.474. The number of aromatic nitrogens is 1. The maximum atomic E-state index is 12.7. The van der Waals surface area contributed by atoms with Crippen molar-refractivity contribution in [1.82, 2.24) is 10.3 Å². The van der Waals surface area contributed by atoms with Crippen molar-refractivity contribution in [2.45, 2.75) is 55.8 Å². The summed E-state index contributed by atoms with van der Waals surface area (Å²) in [5.41, 5.74) is 0.490. The average Bonchev–Trinajstić information content (AvgIpc) is 2.96. The summed E-state index contributed by atoms with van der Waals surface area (Å²) in [6, 6.07) is 5.07. The fourth-order valence-corrected chi connectivity index (χ4v) is 4.89. The van der Waals surface area contributed by atoms with Crippen LogP contribution in [0.4, 0.5) is 0 Å². The predicted molar refractivity (Wildman–Crippen MR) is 93.1 cm³/mol. The van der Waals surface area contributed by atoms with Crippen LogP contribution in [-0.4, -0.2) is 27.6 Å². The third kappa shape index (κ3) is 2.28. The van der Waals surface area contributed by atoms with Crippen molar-refractivity contribution in [3.05, 3.63) is 46.6 Å². The van der Waals surface area contributed by atoms with E-state index in [-0.39, 0.29) is 23.3 Å². The van der Waals surface area contributed by atoms with Gasteiger partial charge in [0.2, 0.25) is 0 Å². The number of nitrogens with zero attached hydrogens (tertiary/aromatic N) is 1. The van der Waals surface area contributed by atoms with Crippen LogP contribution in [0.3, 0.4) is 0 Å². The molecule has 6 nitrogen and oxygen atoms in total. The van der Waals surface area contributed by atoms with Gasteiger partial charge >= 0.3 is 0 Å². The van der Waals surface area contributed by atoms with Gasteiger partial charge in [-0.2, -0.15) is 0 Å². The van der Waals surface area contributed by atoms with Crippen LogP contribution in [0.2, 0.25) is 5.02 Å². The van der Waals surface area contributed by atoms with E-state index in [4.69, 9.17) is 20.8 Å². The first-order valence-electron chi connectivity index (χ1n) is 8.77. The molecule has 26 heavy (non-hydrogen) atoms. The van der Waals surface area contributed by atoms with Crippen LogP contribution < -0.4 is 10.1 Å². The molecule has 1 aromatic carbocycles. The molecule has 1 amide bonds. The van der Waals surface area contributed by atoms with E-state index in [1.54, 1.807) is 24.4 Å². The molecule has 3 saturated carbocycles. The van der Waals surface area contributed by atoms with Gasteiger partial charge in [0.15, 0.2) is 12.0 Å². The highest BCUT2D eigenvalue weighted by Gasteiger charge is 2.71. The molecule has 0 unspecified atom stereocenters. The topological polar surface area (TPSA) is 84.6 Å². The molecule has 136 valence electrons. The number of rotatable bonds is 3. The monoisotopic (exact) mass is 374 g/mol. The van der Waals surface area contributed by atoms with E-state index in [0.717, 1.165) is 25.0 Å². The van der Waals surface area contributed by atoms with E-state index in [1.165, 1.54) is 0 Å². The zero-order valence-corrected chi connectivity index (χ0v) is 15.0. The second kappa shape index (κ2) is 5.24. The van der Waals surface area contributed by atoms with Crippen molar-refractivity contribution in [1.29, 1.82) is 0 Å². The van der Waals surface area contributed by atoms with E-state index >= 15 is 0 Å². The smallest absolute Gasteiger partial charge is 0.261 e. The first kappa shape index (κ1) is 16.1. The summed E-state index contributed by atoms with van der Waals surface area (Å²) in [6.07, 6.45) is 3.15. The Morgan fingerprint density at radius 1 is 1.38 bits per heavy atom. The molecule has 2 aromatic rings. The molecule has 0 saturated heterocycles. The van der Waals surface area contributed by atoms with Crippen molar-refractivity contribution in [2.24, 2.45) is 0 Å². The van der Waals surface area contributed by atoms with Crippen LogP contribution in [0.25, 0.3) is 0 Å². The molecular formula is C19H19ClN2O4. The normalized spacial score (nSPS) is 34.1. The van der Waals surface area contributed by atoms with Crippen molar-refractivity contribution in [3.63, 3.8) is 0 Å². The molecule has 6 rings (SSSR count). The van der Waals surface area contributed by atoms with Gasteiger partial charge in [-0.3, -0.25) is 4.79 Å². The maximum Gasteiger partial charge on any atom is 0.261 e. The lowest BCUT2D eigenvalue weighted by Gasteiger charge is -2.69. The number of benzene rings is 1.